The van der Waals surface area contributed by atoms with E-state index in [9.17, 15) is 0 Å². The van der Waals surface area contributed by atoms with Gasteiger partial charge in [-0.3, -0.25) is 0 Å². The first kappa shape index (κ1) is 11.1. The van der Waals surface area contributed by atoms with Crippen LogP contribution in [0.2, 0.25) is 0 Å². The lowest BCUT2D eigenvalue weighted by Gasteiger charge is -2.25. The van der Waals surface area contributed by atoms with Crippen molar-refractivity contribution in [2.24, 2.45) is 23.7 Å². The Balaban J connectivity index is 2.48. The molecule has 0 radical (unpaired) electrons. The Morgan fingerprint density at radius 3 is 2.23 bits per heavy atom. The van der Waals surface area contributed by atoms with Crippen molar-refractivity contribution in [2.45, 2.75) is 59.8 Å². The Hall–Kier alpha value is 0. The Labute approximate surface area is 84.1 Å². The molecule has 0 N–H and O–H groups in total. The molecule has 0 spiro atoms. The summed E-state index contributed by atoms with van der Waals surface area (Å²) < 4.78 is 0. The normalized spacial score (nSPS) is 36.5. The topological polar surface area (TPSA) is 0 Å². The van der Waals surface area contributed by atoms with Gasteiger partial charge < -0.3 is 0 Å². The largest absolute Gasteiger partial charge is 0.0654 e. The highest BCUT2D eigenvalue weighted by Crippen LogP contribution is 2.42. The van der Waals surface area contributed by atoms with Crippen molar-refractivity contribution in [3.05, 3.63) is 0 Å². The quantitative estimate of drug-likeness (QED) is 0.600. The molecule has 0 amide bonds. The Morgan fingerprint density at radius 2 is 1.85 bits per heavy atom. The molecule has 0 saturated heterocycles. The van der Waals surface area contributed by atoms with Gasteiger partial charge in [-0.1, -0.05) is 47.0 Å². The van der Waals surface area contributed by atoms with E-state index in [2.05, 4.69) is 27.7 Å². The van der Waals surface area contributed by atoms with E-state index in [1.54, 1.807) is 0 Å². The van der Waals surface area contributed by atoms with E-state index in [4.69, 9.17) is 0 Å². The molecule has 0 heterocycles. The van der Waals surface area contributed by atoms with E-state index in [0.29, 0.717) is 0 Å². The van der Waals surface area contributed by atoms with E-state index in [1.165, 1.54) is 32.1 Å². The fourth-order valence-electron chi connectivity index (χ4n) is 3.35. The second kappa shape index (κ2) is 5.02. The standard InChI is InChI=1S/C13H26/c1-5-7-12(6-2)13-9-10(3)8-11(13)4/h10-13H,5-9H2,1-4H3. The summed E-state index contributed by atoms with van der Waals surface area (Å²) in [4.78, 5) is 0. The first-order valence-corrected chi connectivity index (χ1v) is 6.19. The number of hydrogen-bond acceptors (Lipinski definition) is 0. The van der Waals surface area contributed by atoms with Crippen molar-refractivity contribution in [3.63, 3.8) is 0 Å². The van der Waals surface area contributed by atoms with Crippen molar-refractivity contribution in [3.8, 4) is 0 Å². The van der Waals surface area contributed by atoms with Crippen molar-refractivity contribution in [2.75, 3.05) is 0 Å². The molecule has 0 bridgehead atoms. The number of rotatable bonds is 4. The summed E-state index contributed by atoms with van der Waals surface area (Å²) >= 11 is 0. The molecule has 0 aliphatic heterocycles. The first-order chi connectivity index (χ1) is 6.19. The zero-order chi connectivity index (χ0) is 9.84. The minimum atomic E-state index is 0.992. The lowest BCUT2D eigenvalue weighted by Crippen LogP contribution is -2.16. The smallest absolute Gasteiger partial charge is 0.0358 e. The van der Waals surface area contributed by atoms with Crippen molar-refractivity contribution in [1.82, 2.24) is 0 Å². The molecule has 78 valence electrons. The molecule has 1 rings (SSSR count). The van der Waals surface area contributed by atoms with Gasteiger partial charge in [-0.2, -0.15) is 0 Å². The van der Waals surface area contributed by atoms with Crippen LogP contribution in [0.5, 0.6) is 0 Å². The molecule has 4 unspecified atom stereocenters. The summed E-state index contributed by atoms with van der Waals surface area (Å²) in [5.74, 6) is 4.04. The Bertz CT molecular complexity index is 139. The van der Waals surface area contributed by atoms with Crippen LogP contribution in [0.3, 0.4) is 0 Å². The third-order valence-electron chi connectivity index (χ3n) is 3.97. The van der Waals surface area contributed by atoms with Gasteiger partial charge in [-0.25, -0.2) is 0 Å². The van der Waals surface area contributed by atoms with Crippen LogP contribution < -0.4 is 0 Å². The van der Waals surface area contributed by atoms with Crippen LogP contribution in [-0.2, 0) is 0 Å². The molecule has 1 aliphatic carbocycles. The predicted molar refractivity (Wildman–Crippen MR) is 59.7 cm³/mol. The van der Waals surface area contributed by atoms with Crippen LogP contribution in [0.4, 0.5) is 0 Å². The molecular weight excluding hydrogens is 156 g/mol. The molecule has 1 fully saturated rings. The minimum absolute atomic E-state index is 0.992. The number of hydrogen-bond donors (Lipinski definition) is 0. The molecule has 1 saturated carbocycles. The summed E-state index contributed by atoms with van der Waals surface area (Å²) in [5.41, 5.74) is 0. The fraction of sp³-hybridized carbons (Fsp3) is 1.00. The van der Waals surface area contributed by atoms with Gasteiger partial charge >= 0.3 is 0 Å². The van der Waals surface area contributed by atoms with Gasteiger partial charge in [-0.05, 0) is 36.5 Å². The summed E-state index contributed by atoms with van der Waals surface area (Å²) in [7, 11) is 0. The monoisotopic (exact) mass is 182 g/mol. The average molecular weight is 182 g/mol. The average Bonchev–Trinajstić information content (AvgIpc) is 2.41. The lowest BCUT2D eigenvalue weighted by atomic mass is 9.80. The van der Waals surface area contributed by atoms with Crippen LogP contribution in [0, 0.1) is 23.7 Å². The summed E-state index contributed by atoms with van der Waals surface area (Å²) in [6.45, 7) is 9.59. The second-order valence-corrected chi connectivity index (χ2v) is 5.17. The van der Waals surface area contributed by atoms with Crippen LogP contribution in [0.25, 0.3) is 0 Å². The van der Waals surface area contributed by atoms with Crippen molar-refractivity contribution in [1.29, 1.82) is 0 Å². The first-order valence-electron chi connectivity index (χ1n) is 6.19. The zero-order valence-electron chi connectivity index (χ0n) is 9.84. The van der Waals surface area contributed by atoms with Gasteiger partial charge in [0, 0.05) is 0 Å². The van der Waals surface area contributed by atoms with Gasteiger partial charge in [-0.15, -0.1) is 0 Å². The molecule has 0 aromatic heterocycles. The van der Waals surface area contributed by atoms with E-state index in [1.807, 2.05) is 0 Å². The van der Waals surface area contributed by atoms with Crippen molar-refractivity contribution < 1.29 is 0 Å². The van der Waals surface area contributed by atoms with E-state index in [-0.39, 0.29) is 0 Å². The van der Waals surface area contributed by atoms with E-state index < -0.39 is 0 Å². The highest BCUT2D eigenvalue weighted by atomic mass is 14.4. The molecule has 0 heteroatoms. The van der Waals surface area contributed by atoms with Crippen LogP contribution in [0.1, 0.15) is 59.8 Å². The maximum absolute atomic E-state index is 2.46. The predicted octanol–water partition coefficient (Wildman–Crippen LogP) is 4.49. The highest BCUT2D eigenvalue weighted by molar-refractivity contribution is 4.83. The molecule has 4 atom stereocenters. The molecular formula is C13H26. The fourth-order valence-corrected chi connectivity index (χ4v) is 3.35. The molecule has 13 heavy (non-hydrogen) atoms. The van der Waals surface area contributed by atoms with Crippen LogP contribution >= 0.6 is 0 Å². The van der Waals surface area contributed by atoms with Crippen LogP contribution in [-0.4, -0.2) is 0 Å². The molecule has 1 aliphatic rings. The van der Waals surface area contributed by atoms with E-state index in [0.717, 1.165) is 23.7 Å². The van der Waals surface area contributed by atoms with Crippen LogP contribution in [0.15, 0.2) is 0 Å². The Morgan fingerprint density at radius 1 is 1.15 bits per heavy atom. The van der Waals surface area contributed by atoms with Gasteiger partial charge in [0.25, 0.3) is 0 Å². The lowest BCUT2D eigenvalue weighted by molar-refractivity contribution is 0.249. The van der Waals surface area contributed by atoms with E-state index >= 15 is 0 Å². The minimum Gasteiger partial charge on any atom is -0.0654 e. The highest BCUT2D eigenvalue weighted by Gasteiger charge is 2.32. The third-order valence-corrected chi connectivity index (χ3v) is 3.97. The summed E-state index contributed by atoms with van der Waals surface area (Å²) in [6.07, 6.45) is 7.20. The molecule has 0 aromatic carbocycles. The van der Waals surface area contributed by atoms with Crippen molar-refractivity contribution >= 4 is 0 Å². The summed E-state index contributed by atoms with van der Waals surface area (Å²) in [5, 5.41) is 0. The van der Waals surface area contributed by atoms with Gasteiger partial charge in [0.2, 0.25) is 0 Å². The second-order valence-electron chi connectivity index (χ2n) is 5.17. The van der Waals surface area contributed by atoms with Gasteiger partial charge in [0.05, 0.1) is 0 Å². The van der Waals surface area contributed by atoms with Gasteiger partial charge in [0.1, 0.15) is 0 Å². The molecule has 0 nitrogen and oxygen atoms in total. The Kier molecular flexibility index (Phi) is 4.28. The molecule has 0 aromatic rings. The zero-order valence-corrected chi connectivity index (χ0v) is 9.84. The summed E-state index contributed by atoms with van der Waals surface area (Å²) in [6, 6.07) is 0. The maximum atomic E-state index is 2.46. The van der Waals surface area contributed by atoms with Gasteiger partial charge in [0.15, 0.2) is 0 Å². The SMILES string of the molecule is CCCC(CC)C1CC(C)CC1C. The maximum Gasteiger partial charge on any atom is -0.0358 e. The third kappa shape index (κ3) is 2.72.